The van der Waals surface area contributed by atoms with E-state index in [2.05, 4.69) is 4.98 Å². The molecular weight excluding hydrogens is 599 g/mol. The molecule has 43 heavy (non-hydrogen) atoms. The van der Waals surface area contributed by atoms with Crippen LogP contribution in [-0.4, -0.2) is 52.8 Å². The van der Waals surface area contributed by atoms with Crippen molar-refractivity contribution in [3.05, 3.63) is 78.8 Å². The molecule has 2 aliphatic heterocycles. The maximum Gasteiger partial charge on any atom is 1.00 e. The molecule has 0 saturated heterocycles. The van der Waals surface area contributed by atoms with Crippen molar-refractivity contribution in [1.82, 2.24) is 9.97 Å². The number of thiazole rings is 2. The van der Waals surface area contributed by atoms with Crippen LogP contribution in [0, 0.1) is 27.7 Å². The average Bonchev–Trinajstić information content (AvgIpc) is 3.57. The fourth-order valence-corrected chi connectivity index (χ4v) is 7.26. The number of aryl methyl sites for hydroxylation is 4. The van der Waals surface area contributed by atoms with Gasteiger partial charge in [0.05, 0.1) is 65.8 Å². The minimum Gasteiger partial charge on any atom is -0.870 e. The van der Waals surface area contributed by atoms with E-state index in [0.717, 1.165) is 79.1 Å². The molecule has 6 rings (SSSR count). The van der Waals surface area contributed by atoms with Crippen molar-refractivity contribution < 1.29 is 63.9 Å². The van der Waals surface area contributed by atoms with Gasteiger partial charge in [-0.1, -0.05) is 12.1 Å². The smallest absolute Gasteiger partial charge is 0.870 e. The number of rotatable bonds is 4. The SMILES string of the molecule is COC(=O)c1cc(-c2nc3c(s2)COCC3)c(C)cc1C.Cc1cc(C)c(-c2nc3c(s2)COCC3)cc1C(=O)O.[Na+].[OH-]. The van der Waals surface area contributed by atoms with Gasteiger partial charge < -0.3 is 24.8 Å². The summed E-state index contributed by atoms with van der Waals surface area (Å²) in [7, 11) is 1.40. The molecule has 12 heteroatoms. The Hall–Kier alpha value is -2.48. The number of methoxy groups -OCH3 is 1. The summed E-state index contributed by atoms with van der Waals surface area (Å²) >= 11 is 3.25. The molecule has 2 N–H and O–H groups in total. The number of fused-ring (bicyclic) bond motifs is 2. The number of benzene rings is 2. The van der Waals surface area contributed by atoms with Gasteiger partial charge in [-0.2, -0.15) is 0 Å². The Kier molecular flexibility index (Phi) is 12.2. The molecule has 9 nitrogen and oxygen atoms in total. The first-order valence-corrected chi connectivity index (χ1v) is 15.0. The van der Waals surface area contributed by atoms with E-state index >= 15 is 0 Å². The van der Waals surface area contributed by atoms with Gasteiger partial charge in [0.15, 0.2) is 0 Å². The van der Waals surface area contributed by atoms with Crippen LogP contribution in [0.4, 0.5) is 0 Å². The van der Waals surface area contributed by atoms with Gasteiger partial charge in [-0.15, -0.1) is 22.7 Å². The second kappa shape index (κ2) is 15.0. The van der Waals surface area contributed by atoms with E-state index in [-0.39, 0.29) is 41.0 Å². The van der Waals surface area contributed by atoms with Gasteiger partial charge in [-0.05, 0) is 62.1 Å². The summed E-state index contributed by atoms with van der Waals surface area (Å²) in [4.78, 5) is 34.9. The van der Waals surface area contributed by atoms with Crippen LogP contribution in [0.2, 0.25) is 0 Å². The van der Waals surface area contributed by atoms with Crippen LogP contribution in [0.3, 0.4) is 0 Å². The molecule has 4 aromatic rings. The van der Waals surface area contributed by atoms with E-state index in [1.54, 1.807) is 28.7 Å². The molecule has 0 spiro atoms. The molecule has 0 amide bonds. The third-order valence-electron chi connectivity index (χ3n) is 7.23. The molecule has 2 aliphatic rings. The number of nitrogens with zero attached hydrogens (tertiary/aromatic N) is 2. The Morgan fingerprint density at radius 2 is 1.21 bits per heavy atom. The molecule has 4 heterocycles. The van der Waals surface area contributed by atoms with Crippen molar-refractivity contribution in [3.8, 4) is 21.1 Å². The number of carboxylic acid groups (broad SMARTS) is 1. The number of hydrogen-bond acceptors (Lipinski definition) is 10. The van der Waals surface area contributed by atoms with Crippen LogP contribution in [0.15, 0.2) is 24.3 Å². The third-order valence-corrected chi connectivity index (χ3v) is 9.44. The molecule has 0 bridgehead atoms. The van der Waals surface area contributed by atoms with Crippen molar-refractivity contribution in [3.63, 3.8) is 0 Å². The number of aromatic carboxylic acids is 1. The quantitative estimate of drug-likeness (QED) is 0.265. The van der Waals surface area contributed by atoms with Crippen LogP contribution in [0.25, 0.3) is 21.1 Å². The van der Waals surface area contributed by atoms with E-state index < -0.39 is 5.97 Å². The maximum absolute atomic E-state index is 11.9. The van der Waals surface area contributed by atoms with Crippen molar-refractivity contribution in [2.24, 2.45) is 0 Å². The van der Waals surface area contributed by atoms with E-state index in [9.17, 15) is 14.7 Å². The molecule has 0 fully saturated rings. The van der Waals surface area contributed by atoms with E-state index in [4.69, 9.17) is 19.2 Å². The van der Waals surface area contributed by atoms with Gasteiger partial charge in [0.25, 0.3) is 0 Å². The predicted octanol–water partition coefficient (Wildman–Crippen LogP) is 3.31. The number of ether oxygens (including phenoxy) is 3. The summed E-state index contributed by atoms with van der Waals surface area (Å²) in [6.45, 7) is 10.5. The van der Waals surface area contributed by atoms with Gasteiger partial charge in [0, 0.05) is 24.0 Å². The number of hydrogen-bond donors (Lipinski definition) is 1. The first kappa shape index (κ1) is 35.0. The molecule has 0 radical (unpaired) electrons. The van der Waals surface area contributed by atoms with Crippen LogP contribution in [-0.2, 0) is 40.3 Å². The van der Waals surface area contributed by atoms with Crippen LogP contribution in [0.1, 0.15) is 64.1 Å². The molecular formula is C31H33N2NaO7S2. The van der Waals surface area contributed by atoms with Crippen molar-refractivity contribution in [1.29, 1.82) is 0 Å². The second-order valence-electron chi connectivity index (χ2n) is 10.1. The summed E-state index contributed by atoms with van der Waals surface area (Å²) in [6.07, 6.45) is 1.70. The molecule has 0 saturated carbocycles. The summed E-state index contributed by atoms with van der Waals surface area (Å²) in [5.41, 5.74) is 8.95. The van der Waals surface area contributed by atoms with Crippen LogP contribution < -0.4 is 29.6 Å². The van der Waals surface area contributed by atoms with E-state index in [1.165, 1.54) is 12.0 Å². The van der Waals surface area contributed by atoms with E-state index in [1.807, 2.05) is 45.9 Å². The number of carbonyl (C=O) groups is 2. The first-order valence-electron chi connectivity index (χ1n) is 13.3. The zero-order valence-corrected chi connectivity index (χ0v) is 28.8. The summed E-state index contributed by atoms with van der Waals surface area (Å²) in [5.74, 6) is -1.20. The normalized spacial score (nSPS) is 13.3. The summed E-state index contributed by atoms with van der Waals surface area (Å²) in [6, 6.07) is 7.55. The monoisotopic (exact) mass is 632 g/mol. The summed E-state index contributed by atoms with van der Waals surface area (Å²) in [5, 5.41) is 11.1. The number of esters is 1. The van der Waals surface area contributed by atoms with Crippen LogP contribution in [0.5, 0.6) is 0 Å². The minimum atomic E-state index is -0.895. The van der Waals surface area contributed by atoms with Crippen molar-refractivity contribution >= 4 is 34.6 Å². The standard InChI is InChI=1S/C16H17NO3S.C15H15NO3S.Na.H2O/c1-9-6-10(2)12(16(18)19-3)7-11(9)15-17-13-4-5-20-8-14(13)21-15;1-8-5-9(2)11(15(17)18)6-10(8)14-16-12-3-4-19-7-13(12)20-14;;/h6-7H,4-5,8H2,1-3H3;5-6H,3-4,7H2,1-2H3,(H,17,18);;1H2/q;;+1;/p-1. The number of aromatic nitrogens is 2. The minimum absolute atomic E-state index is 0. The van der Waals surface area contributed by atoms with Gasteiger partial charge in [0.1, 0.15) is 10.0 Å². The van der Waals surface area contributed by atoms with Gasteiger partial charge in [-0.3, -0.25) is 0 Å². The first-order chi connectivity index (χ1) is 19.7. The Bertz CT molecular complexity index is 1600. The molecule has 0 unspecified atom stereocenters. The Morgan fingerprint density at radius 3 is 1.63 bits per heavy atom. The van der Waals surface area contributed by atoms with Crippen molar-refractivity contribution in [2.75, 3.05) is 20.3 Å². The van der Waals surface area contributed by atoms with Gasteiger partial charge in [0.2, 0.25) is 0 Å². The van der Waals surface area contributed by atoms with Crippen LogP contribution >= 0.6 is 22.7 Å². The zero-order chi connectivity index (χ0) is 29.3. The Labute approximate surface area is 280 Å². The maximum atomic E-state index is 11.9. The van der Waals surface area contributed by atoms with Crippen molar-refractivity contribution in [2.45, 2.75) is 53.8 Å². The summed E-state index contributed by atoms with van der Waals surface area (Å²) < 4.78 is 15.8. The Morgan fingerprint density at radius 1 is 0.767 bits per heavy atom. The fourth-order valence-electron chi connectivity index (χ4n) is 5.01. The van der Waals surface area contributed by atoms with Gasteiger partial charge >= 0.3 is 41.5 Å². The molecule has 0 atom stereocenters. The Balaban J connectivity index is 0.000000225. The van der Waals surface area contributed by atoms with Gasteiger partial charge in [-0.25, -0.2) is 19.6 Å². The molecule has 2 aromatic heterocycles. The molecule has 2 aromatic carbocycles. The second-order valence-corrected chi connectivity index (χ2v) is 12.3. The predicted molar refractivity (Wildman–Crippen MR) is 161 cm³/mol. The zero-order valence-electron chi connectivity index (χ0n) is 25.2. The molecule has 0 aliphatic carbocycles. The number of carboxylic acids is 1. The average molecular weight is 633 g/mol. The molecule has 222 valence electrons. The third kappa shape index (κ3) is 7.61. The topological polar surface area (TPSA) is 138 Å². The fraction of sp³-hybridized carbons (Fsp3) is 0.355. The largest absolute Gasteiger partial charge is 1.00 e. The number of carbonyl (C=O) groups excluding carboxylic acids is 1. The van der Waals surface area contributed by atoms with E-state index in [0.29, 0.717) is 30.9 Å².